The number of carboxylic acid groups (broad SMARTS) is 1. The van der Waals surface area contributed by atoms with E-state index in [0.29, 0.717) is 13.1 Å². The smallest absolute Gasteiger partial charge is 0.317 e. The van der Waals surface area contributed by atoms with Crippen LogP contribution in [0, 0.1) is 6.92 Å². The molecule has 1 aliphatic heterocycles. The number of rotatable bonds is 5. The molecule has 0 saturated carbocycles. The average molecular weight is 391 g/mol. The van der Waals surface area contributed by atoms with Gasteiger partial charge in [-0.3, -0.25) is 14.5 Å². The van der Waals surface area contributed by atoms with Gasteiger partial charge in [-0.2, -0.15) is 0 Å². The van der Waals surface area contributed by atoms with Crippen molar-refractivity contribution in [1.29, 1.82) is 0 Å². The molecule has 146 valence electrons. The number of fused-ring (bicyclic) bond motifs is 1. The van der Waals surface area contributed by atoms with Crippen LogP contribution in [0.15, 0.2) is 18.2 Å². The van der Waals surface area contributed by atoms with Crippen molar-refractivity contribution in [2.75, 3.05) is 33.8 Å². The number of carbonyl (C=O) groups excluding carboxylic acids is 1. The molecule has 1 unspecified atom stereocenters. The minimum absolute atomic E-state index is 0.0376. The lowest BCUT2D eigenvalue weighted by Gasteiger charge is -2.25. The van der Waals surface area contributed by atoms with E-state index in [9.17, 15) is 9.59 Å². The SMILES string of the molecule is COc1ccc2sc(C(=O)N3CCCC(N(C)CC(=O)O)CC3)c(C)c2c1. The Labute approximate surface area is 163 Å². The Hall–Kier alpha value is -2.12. The number of benzene rings is 1. The Morgan fingerprint density at radius 2 is 2.11 bits per heavy atom. The van der Waals surface area contributed by atoms with Gasteiger partial charge in [-0.05, 0) is 62.4 Å². The summed E-state index contributed by atoms with van der Waals surface area (Å²) in [5.74, 6) is 0.0571. The highest BCUT2D eigenvalue weighted by Gasteiger charge is 2.26. The number of carbonyl (C=O) groups is 2. The van der Waals surface area contributed by atoms with Crippen LogP contribution in [0.1, 0.15) is 34.5 Å². The number of aryl methyl sites for hydroxylation is 1. The second-order valence-electron chi connectivity index (χ2n) is 7.10. The van der Waals surface area contributed by atoms with Crippen molar-refractivity contribution in [3.05, 3.63) is 28.6 Å². The van der Waals surface area contributed by atoms with E-state index in [1.807, 2.05) is 42.0 Å². The van der Waals surface area contributed by atoms with Crippen LogP contribution in [0.4, 0.5) is 0 Å². The maximum atomic E-state index is 13.1. The van der Waals surface area contributed by atoms with Crippen LogP contribution >= 0.6 is 11.3 Å². The predicted octanol–water partition coefficient (Wildman–Crippen LogP) is 3.23. The lowest BCUT2D eigenvalue weighted by Crippen LogP contribution is -2.37. The Bertz CT molecular complexity index is 848. The zero-order valence-corrected chi connectivity index (χ0v) is 16.8. The largest absolute Gasteiger partial charge is 0.497 e. The molecular formula is C20H26N2O4S. The molecule has 1 saturated heterocycles. The van der Waals surface area contributed by atoms with Gasteiger partial charge in [0.1, 0.15) is 5.75 Å². The Morgan fingerprint density at radius 1 is 1.33 bits per heavy atom. The van der Waals surface area contributed by atoms with Crippen molar-refractivity contribution in [3.8, 4) is 5.75 Å². The molecule has 1 amide bonds. The van der Waals surface area contributed by atoms with Crippen molar-refractivity contribution >= 4 is 33.3 Å². The van der Waals surface area contributed by atoms with Crippen LogP contribution in [0.3, 0.4) is 0 Å². The van der Waals surface area contributed by atoms with E-state index in [1.165, 1.54) is 11.3 Å². The number of carboxylic acids is 1. The van der Waals surface area contributed by atoms with E-state index in [0.717, 1.165) is 45.5 Å². The van der Waals surface area contributed by atoms with Crippen LogP contribution in [0.25, 0.3) is 10.1 Å². The molecule has 1 aliphatic rings. The first-order valence-corrected chi connectivity index (χ1v) is 10.0. The predicted molar refractivity (Wildman–Crippen MR) is 107 cm³/mol. The summed E-state index contributed by atoms with van der Waals surface area (Å²) in [6.07, 6.45) is 2.60. The summed E-state index contributed by atoms with van der Waals surface area (Å²) < 4.78 is 6.39. The Morgan fingerprint density at radius 3 is 2.81 bits per heavy atom. The van der Waals surface area contributed by atoms with Crippen LogP contribution in [-0.4, -0.2) is 66.6 Å². The third-order valence-corrected chi connectivity index (χ3v) is 6.59. The van der Waals surface area contributed by atoms with Gasteiger partial charge in [0.25, 0.3) is 5.91 Å². The number of thiophene rings is 1. The number of nitrogens with zero attached hydrogens (tertiary/aromatic N) is 2. The van der Waals surface area contributed by atoms with Crippen molar-refractivity contribution in [1.82, 2.24) is 9.80 Å². The number of hydrogen-bond donors (Lipinski definition) is 1. The first-order valence-electron chi connectivity index (χ1n) is 9.19. The summed E-state index contributed by atoms with van der Waals surface area (Å²) in [7, 11) is 3.49. The molecule has 1 aromatic carbocycles. The van der Waals surface area contributed by atoms with Gasteiger partial charge in [-0.15, -0.1) is 11.3 Å². The molecule has 0 aliphatic carbocycles. The van der Waals surface area contributed by atoms with Crippen LogP contribution in [-0.2, 0) is 4.79 Å². The average Bonchev–Trinajstić information content (AvgIpc) is 2.82. The number of aliphatic carboxylic acids is 1. The molecule has 1 N–H and O–H groups in total. The van der Waals surface area contributed by atoms with Crippen molar-refractivity contribution in [2.24, 2.45) is 0 Å². The molecule has 27 heavy (non-hydrogen) atoms. The number of amides is 1. The standard InChI is InChI=1S/C20H26N2O4S/c1-13-16-11-15(26-3)6-7-17(16)27-19(13)20(25)22-9-4-5-14(8-10-22)21(2)12-18(23)24/h6-7,11,14H,4-5,8-10,12H2,1-3H3,(H,23,24). The zero-order valence-electron chi connectivity index (χ0n) is 16.0. The Kier molecular flexibility index (Phi) is 6.01. The van der Waals surface area contributed by atoms with Gasteiger partial charge in [0.2, 0.25) is 0 Å². The first kappa shape index (κ1) is 19.6. The normalized spacial score (nSPS) is 17.9. The molecule has 1 fully saturated rings. The van der Waals surface area contributed by atoms with Crippen LogP contribution < -0.4 is 4.74 Å². The van der Waals surface area contributed by atoms with Gasteiger partial charge in [0, 0.05) is 23.8 Å². The highest BCUT2D eigenvalue weighted by Crippen LogP contribution is 2.34. The minimum Gasteiger partial charge on any atom is -0.497 e. The van der Waals surface area contributed by atoms with Gasteiger partial charge in [-0.25, -0.2) is 0 Å². The van der Waals surface area contributed by atoms with E-state index in [1.54, 1.807) is 7.11 Å². The van der Waals surface area contributed by atoms with Crippen LogP contribution in [0.2, 0.25) is 0 Å². The number of methoxy groups -OCH3 is 1. The summed E-state index contributed by atoms with van der Waals surface area (Å²) >= 11 is 1.53. The highest BCUT2D eigenvalue weighted by molar-refractivity contribution is 7.21. The second kappa shape index (κ2) is 8.27. The first-order chi connectivity index (χ1) is 12.9. The van der Waals surface area contributed by atoms with Gasteiger partial charge >= 0.3 is 5.97 Å². The van der Waals surface area contributed by atoms with E-state index < -0.39 is 5.97 Å². The highest BCUT2D eigenvalue weighted by atomic mass is 32.1. The summed E-state index contributed by atoms with van der Waals surface area (Å²) in [4.78, 5) is 28.7. The summed E-state index contributed by atoms with van der Waals surface area (Å²) in [6, 6.07) is 6.10. The summed E-state index contributed by atoms with van der Waals surface area (Å²) in [5.41, 5.74) is 1.00. The third kappa shape index (κ3) is 4.25. The molecule has 6 nitrogen and oxygen atoms in total. The summed E-state index contributed by atoms with van der Waals surface area (Å²) in [6.45, 7) is 3.40. The molecule has 3 rings (SSSR count). The molecule has 1 atom stereocenters. The number of likely N-dealkylation sites (N-methyl/N-ethyl adjacent to an activating group) is 1. The fourth-order valence-corrected chi connectivity index (χ4v) is 4.90. The third-order valence-electron chi connectivity index (χ3n) is 5.33. The molecule has 1 aromatic heterocycles. The summed E-state index contributed by atoms with van der Waals surface area (Å²) in [5, 5.41) is 10.1. The fraction of sp³-hybridized carbons (Fsp3) is 0.500. The van der Waals surface area contributed by atoms with E-state index in [4.69, 9.17) is 9.84 Å². The van der Waals surface area contributed by atoms with Crippen molar-refractivity contribution in [2.45, 2.75) is 32.2 Å². The van der Waals surface area contributed by atoms with Crippen molar-refractivity contribution in [3.63, 3.8) is 0 Å². The zero-order chi connectivity index (χ0) is 19.6. The topological polar surface area (TPSA) is 70.1 Å². The Balaban J connectivity index is 1.75. The molecule has 0 spiro atoms. The van der Waals surface area contributed by atoms with E-state index in [-0.39, 0.29) is 18.5 Å². The number of hydrogen-bond acceptors (Lipinski definition) is 5. The molecule has 7 heteroatoms. The van der Waals surface area contributed by atoms with Crippen LogP contribution in [0.5, 0.6) is 5.75 Å². The maximum Gasteiger partial charge on any atom is 0.317 e. The second-order valence-corrected chi connectivity index (χ2v) is 8.16. The minimum atomic E-state index is -0.814. The van der Waals surface area contributed by atoms with E-state index in [2.05, 4.69) is 0 Å². The maximum absolute atomic E-state index is 13.1. The quantitative estimate of drug-likeness (QED) is 0.849. The van der Waals surface area contributed by atoms with Gasteiger partial charge in [0.05, 0.1) is 18.5 Å². The molecule has 0 radical (unpaired) electrons. The molecule has 2 aromatic rings. The molecular weight excluding hydrogens is 364 g/mol. The lowest BCUT2D eigenvalue weighted by atomic mass is 10.1. The number of likely N-dealkylation sites (tertiary alicyclic amines) is 1. The van der Waals surface area contributed by atoms with Gasteiger partial charge in [-0.1, -0.05) is 0 Å². The molecule has 2 heterocycles. The lowest BCUT2D eigenvalue weighted by molar-refractivity contribution is -0.138. The molecule has 0 bridgehead atoms. The van der Waals surface area contributed by atoms with E-state index >= 15 is 0 Å². The van der Waals surface area contributed by atoms with Gasteiger partial charge in [0.15, 0.2) is 0 Å². The van der Waals surface area contributed by atoms with Gasteiger partial charge < -0.3 is 14.7 Å². The van der Waals surface area contributed by atoms with Crippen molar-refractivity contribution < 1.29 is 19.4 Å². The fourth-order valence-electron chi connectivity index (χ4n) is 3.74. The monoisotopic (exact) mass is 390 g/mol. The number of ether oxygens (including phenoxy) is 1.